The molecule has 0 amide bonds. The van der Waals surface area contributed by atoms with E-state index in [9.17, 15) is 9.18 Å². The molecule has 0 saturated heterocycles. The van der Waals surface area contributed by atoms with E-state index < -0.39 is 5.67 Å². The molecule has 1 unspecified atom stereocenters. The summed E-state index contributed by atoms with van der Waals surface area (Å²) in [5, 5.41) is 9.03. The van der Waals surface area contributed by atoms with Crippen molar-refractivity contribution >= 4 is 5.78 Å². The minimum Gasteiger partial charge on any atom is -0.300 e. The van der Waals surface area contributed by atoms with Crippen molar-refractivity contribution in [3.63, 3.8) is 0 Å². The summed E-state index contributed by atoms with van der Waals surface area (Å²) in [6.07, 6.45) is 3.49. The molecule has 0 radical (unpaired) electrons. The number of nitriles is 1. The van der Waals surface area contributed by atoms with Crippen molar-refractivity contribution in [2.75, 3.05) is 0 Å². The molecule has 0 spiro atoms. The molecule has 3 heteroatoms. The third kappa shape index (κ3) is 4.82. The summed E-state index contributed by atoms with van der Waals surface area (Å²) in [5.41, 5.74) is -1.72. The Bertz CT molecular complexity index is 438. The smallest absolute Gasteiger partial charge is 0.221 e. The molecule has 1 aromatic rings. The van der Waals surface area contributed by atoms with Gasteiger partial charge in [-0.05, 0) is 6.42 Å². The van der Waals surface area contributed by atoms with E-state index in [4.69, 9.17) is 5.26 Å². The SMILES string of the molecule is CCCCCC(=O)CCC(F)(C#N)c1ccccc1. The molecule has 1 aromatic carbocycles. The van der Waals surface area contributed by atoms with Gasteiger partial charge in [-0.25, -0.2) is 4.39 Å². The van der Waals surface area contributed by atoms with Gasteiger partial charge in [0.25, 0.3) is 0 Å². The molecular weight excluding hydrogens is 241 g/mol. The first-order valence-electron chi connectivity index (χ1n) is 6.80. The summed E-state index contributed by atoms with van der Waals surface area (Å²) in [6, 6.07) is 10.0. The first-order valence-corrected chi connectivity index (χ1v) is 6.80. The Labute approximate surface area is 114 Å². The third-order valence-electron chi connectivity index (χ3n) is 3.22. The fourth-order valence-electron chi connectivity index (χ4n) is 1.98. The first kappa shape index (κ1) is 15.4. The number of alkyl halides is 1. The van der Waals surface area contributed by atoms with Crippen LogP contribution in [0.4, 0.5) is 4.39 Å². The molecule has 102 valence electrons. The number of halogens is 1. The topological polar surface area (TPSA) is 40.9 Å². The summed E-state index contributed by atoms with van der Waals surface area (Å²) in [5.74, 6) is 0.0432. The van der Waals surface area contributed by atoms with Crippen LogP contribution < -0.4 is 0 Å². The highest BCUT2D eigenvalue weighted by Gasteiger charge is 2.32. The van der Waals surface area contributed by atoms with E-state index >= 15 is 0 Å². The number of nitrogens with zero attached hydrogens (tertiary/aromatic N) is 1. The third-order valence-corrected chi connectivity index (χ3v) is 3.22. The van der Waals surface area contributed by atoms with Gasteiger partial charge in [-0.3, -0.25) is 4.79 Å². The Kier molecular flexibility index (Phi) is 6.21. The van der Waals surface area contributed by atoms with Crippen LogP contribution in [0.25, 0.3) is 0 Å². The van der Waals surface area contributed by atoms with Crippen molar-refractivity contribution < 1.29 is 9.18 Å². The monoisotopic (exact) mass is 261 g/mol. The van der Waals surface area contributed by atoms with Crippen LogP contribution >= 0.6 is 0 Å². The molecule has 0 aliphatic rings. The van der Waals surface area contributed by atoms with Crippen LogP contribution in [0.1, 0.15) is 51.0 Å². The lowest BCUT2D eigenvalue weighted by Gasteiger charge is -2.17. The van der Waals surface area contributed by atoms with Crippen LogP contribution in [-0.4, -0.2) is 5.78 Å². The van der Waals surface area contributed by atoms with Gasteiger partial charge in [-0.15, -0.1) is 0 Å². The standard InChI is InChI=1S/C16H20FNO/c1-2-3-5-10-15(19)11-12-16(17,13-18)14-8-6-4-7-9-14/h4,6-9H,2-3,5,10-12H2,1H3. The predicted octanol–water partition coefficient (Wildman–Crippen LogP) is 4.30. The predicted molar refractivity (Wildman–Crippen MR) is 73.2 cm³/mol. The zero-order valence-corrected chi connectivity index (χ0v) is 11.4. The second-order valence-electron chi connectivity index (χ2n) is 4.77. The van der Waals surface area contributed by atoms with Crippen molar-refractivity contribution in [1.82, 2.24) is 0 Å². The normalized spacial score (nSPS) is 13.5. The fraction of sp³-hybridized carbons (Fsp3) is 0.500. The van der Waals surface area contributed by atoms with E-state index in [1.54, 1.807) is 36.4 Å². The van der Waals surface area contributed by atoms with Crippen LogP contribution in [0.15, 0.2) is 30.3 Å². The van der Waals surface area contributed by atoms with Gasteiger partial charge < -0.3 is 0 Å². The molecule has 0 aliphatic heterocycles. The minimum atomic E-state index is -2.05. The molecule has 0 N–H and O–H groups in total. The number of carbonyl (C=O) groups excluding carboxylic acids is 1. The van der Waals surface area contributed by atoms with Gasteiger partial charge in [0, 0.05) is 24.8 Å². The number of ketones is 1. The van der Waals surface area contributed by atoms with Crippen molar-refractivity contribution in [3.8, 4) is 6.07 Å². The summed E-state index contributed by atoms with van der Waals surface area (Å²) in [7, 11) is 0. The Balaban J connectivity index is 2.54. The lowest BCUT2D eigenvalue weighted by atomic mass is 9.91. The first-order chi connectivity index (χ1) is 9.12. The molecule has 0 aromatic heterocycles. The van der Waals surface area contributed by atoms with Gasteiger partial charge in [0.05, 0.1) is 0 Å². The second kappa shape index (κ2) is 7.68. The van der Waals surface area contributed by atoms with Gasteiger partial charge in [0.2, 0.25) is 5.67 Å². The van der Waals surface area contributed by atoms with Crippen LogP contribution in [0.5, 0.6) is 0 Å². The second-order valence-corrected chi connectivity index (χ2v) is 4.77. The Hall–Kier alpha value is -1.69. The quantitative estimate of drug-likeness (QED) is 0.654. The Morgan fingerprint density at radius 3 is 2.53 bits per heavy atom. The van der Waals surface area contributed by atoms with E-state index in [0.29, 0.717) is 12.0 Å². The highest BCUT2D eigenvalue weighted by Crippen LogP contribution is 2.30. The van der Waals surface area contributed by atoms with Crippen LogP contribution in [0.3, 0.4) is 0 Å². The molecule has 0 saturated carbocycles. The lowest BCUT2D eigenvalue weighted by Crippen LogP contribution is -2.19. The van der Waals surface area contributed by atoms with E-state index in [0.717, 1.165) is 19.3 Å². The molecule has 2 nitrogen and oxygen atoms in total. The maximum atomic E-state index is 14.5. The summed E-state index contributed by atoms with van der Waals surface area (Å²) < 4.78 is 14.5. The summed E-state index contributed by atoms with van der Waals surface area (Å²) in [6.45, 7) is 2.07. The molecule has 1 rings (SSSR count). The summed E-state index contributed by atoms with van der Waals surface area (Å²) >= 11 is 0. The molecular formula is C16H20FNO. The largest absolute Gasteiger partial charge is 0.300 e. The minimum absolute atomic E-state index is 0.0432. The van der Waals surface area contributed by atoms with Gasteiger partial charge in [-0.1, -0.05) is 50.1 Å². The number of benzene rings is 1. The average molecular weight is 261 g/mol. The van der Waals surface area contributed by atoms with Crippen molar-refractivity contribution in [1.29, 1.82) is 5.26 Å². The molecule has 0 fully saturated rings. The average Bonchev–Trinajstić information content (AvgIpc) is 2.46. The van der Waals surface area contributed by atoms with Gasteiger partial charge in [0.15, 0.2) is 0 Å². The van der Waals surface area contributed by atoms with Gasteiger partial charge in [-0.2, -0.15) is 5.26 Å². The molecule has 0 heterocycles. The zero-order chi connectivity index (χ0) is 14.1. The summed E-state index contributed by atoms with van der Waals surface area (Å²) in [4.78, 5) is 11.6. The molecule has 19 heavy (non-hydrogen) atoms. The van der Waals surface area contributed by atoms with E-state index in [2.05, 4.69) is 6.92 Å². The molecule has 0 bridgehead atoms. The van der Waals surface area contributed by atoms with Crippen LogP contribution in [0, 0.1) is 11.3 Å². The zero-order valence-electron chi connectivity index (χ0n) is 11.4. The number of hydrogen-bond acceptors (Lipinski definition) is 2. The lowest BCUT2D eigenvalue weighted by molar-refractivity contribution is -0.119. The van der Waals surface area contributed by atoms with Gasteiger partial charge in [0.1, 0.15) is 11.9 Å². The number of rotatable bonds is 8. The van der Waals surface area contributed by atoms with Gasteiger partial charge >= 0.3 is 0 Å². The van der Waals surface area contributed by atoms with E-state index in [-0.39, 0.29) is 18.6 Å². The molecule has 1 atom stereocenters. The number of carbonyl (C=O) groups is 1. The highest BCUT2D eigenvalue weighted by atomic mass is 19.1. The maximum Gasteiger partial charge on any atom is 0.221 e. The fourth-order valence-corrected chi connectivity index (χ4v) is 1.98. The Morgan fingerprint density at radius 2 is 1.95 bits per heavy atom. The number of hydrogen-bond donors (Lipinski definition) is 0. The number of unbranched alkanes of at least 4 members (excludes halogenated alkanes) is 2. The number of Topliss-reactive ketones (excluding diaryl/α,β-unsaturated/α-hetero) is 1. The van der Waals surface area contributed by atoms with Crippen LogP contribution in [-0.2, 0) is 10.5 Å². The van der Waals surface area contributed by atoms with E-state index in [1.165, 1.54) is 0 Å². The van der Waals surface area contributed by atoms with Crippen LogP contribution in [0.2, 0.25) is 0 Å². The highest BCUT2D eigenvalue weighted by molar-refractivity contribution is 5.78. The van der Waals surface area contributed by atoms with E-state index in [1.807, 2.05) is 0 Å². The Morgan fingerprint density at radius 1 is 1.26 bits per heavy atom. The maximum absolute atomic E-state index is 14.5. The van der Waals surface area contributed by atoms with Crippen molar-refractivity contribution in [2.24, 2.45) is 0 Å². The van der Waals surface area contributed by atoms with Crippen molar-refractivity contribution in [3.05, 3.63) is 35.9 Å². The van der Waals surface area contributed by atoms with Crippen molar-refractivity contribution in [2.45, 2.75) is 51.1 Å². The molecule has 0 aliphatic carbocycles.